The second-order valence-electron chi connectivity index (χ2n) is 6.89. The number of carbonyl (C=O) groups excluding carboxylic acids is 1. The highest BCUT2D eigenvalue weighted by Crippen LogP contribution is 2.37. The van der Waals surface area contributed by atoms with E-state index in [2.05, 4.69) is 36.1 Å². The summed E-state index contributed by atoms with van der Waals surface area (Å²) in [5.41, 5.74) is 1.04. The molecular weight excluding hydrogens is 404 g/mol. The molecule has 0 saturated heterocycles. The van der Waals surface area contributed by atoms with Gasteiger partial charge in [-0.25, -0.2) is 0 Å². The third-order valence-corrected chi connectivity index (χ3v) is 5.03. The maximum atomic E-state index is 12.8. The smallest absolute Gasteiger partial charge is 0.255 e. The van der Waals surface area contributed by atoms with Gasteiger partial charge in [-0.05, 0) is 38.6 Å². The van der Waals surface area contributed by atoms with Crippen LogP contribution in [0.5, 0.6) is 11.5 Å². The number of rotatable bonds is 13. The van der Waals surface area contributed by atoms with Crippen molar-refractivity contribution in [3.05, 3.63) is 35.1 Å². The summed E-state index contributed by atoms with van der Waals surface area (Å²) in [6.07, 6.45) is 5.41. The van der Waals surface area contributed by atoms with Crippen molar-refractivity contribution in [2.45, 2.75) is 47.1 Å². The Morgan fingerprint density at radius 2 is 1.97 bits per heavy atom. The number of carbonyl (C=O) groups is 1. The summed E-state index contributed by atoms with van der Waals surface area (Å²) in [6.45, 7) is 12.9. The Kier molecular flexibility index (Phi) is 9.97. The van der Waals surface area contributed by atoms with Crippen molar-refractivity contribution < 1.29 is 14.3 Å². The van der Waals surface area contributed by atoms with Gasteiger partial charge in [-0.2, -0.15) is 5.10 Å². The first-order valence-corrected chi connectivity index (χ1v) is 11.0. The predicted molar refractivity (Wildman–Crippen MR) is 121 cm³/mol. The third-order valence-electron chi connectivity index (χ3n) is 4.75. The normalized spacial score (nSPS) is 11.0. The Morgan fingerprint density at radius 3 is 2.63 bits per heavy atom. The van der Waals surface area contributed by atoms with Crippen molar-refractivity contribution in [2.75, 3.05) is 38.2 Å². The van der Waals surface area contributed by atoms with Crippen LogP contribution in [0.3, 0.4) is 0 Å². The molecule has 8 heteroatoms. The Bertz CT molecular complexity index is 806. The number of benzene rings is 1. The summed E-state index contributed by atoms with van der Waals surface area (Å²) < 4.78 is 13.3. The number of ether oxygens (including phenoxy) is 2. The van der Waals surface area contributed by atoms with Crippen molar-refractivity contribution in [2.24, 2.45) is 0 Å². The van der Waals surface area contributed by atoms with Gasteiger partial charge in [0, 0.05) is 18.3 Å². The number of unbranched alkanes of at least 4 members (excludes halogenated alkanes) is 1. The fourth-order valence-electron chi connectivity index (χ4n) is 2.96. The van der Waals surface area contributed by atoms with Crippen LogP contribution in [-0.4, -0.2) is 53.4 Å². The maximum absolute atomic E-state index is 12.8. The molecule has 0 saturated carbocycles. The number of anilines is 1. The molecule has 2 aromatic rings. The minimum absolute atomic E-state index is 0.277. The van der Waals surface area contributed by atoms with Crippen LogP contribution in [0.1, 0.15) is 50.9 Å². The van der Waals surface area contributed by atoms with Crippen molar-refractivity contribution >= 4 is 23.2 Å². The molecule has 1 aromatic carbocycles. The molecule has 2 rings (SSSR count). The number of halogens is 1. The van der Waals surface area contributed by atoms with E-state index in [0.717, 1.165) is 39.0 Å². The van der Waals surface area contributed by atoms with Crippen molar-refractivity contribution in [1.82, 2.24) is 14.7 Å². The summed E-state index contributed by atoms with van der Waals surface area (Å²) in [7, 11) is 0. The lowest BCUT2D eigenvalue weighted by molar-refractivity contribution is 0.102. The van der Waals surface area contributed by atoms with E-state index in [4.69, 9.17) is 21.1 Å². The van der Waals surface area contributed by atoms with Crippen LogP contribution in [0.15, 0.2) is 24.5 Å². The van der Waals surface area contributed by atoms with Gasteiger partial charge >= 0.3 is 0 Å². The number of hydrogen-bond acceptors (Lipinski definition) is 5. The number of aromatic nitrogens is 2. The fourth-order valence-corrected chi connectivity index (χ4v) is 3.22. The molecule has 0 unspecified atom stereocenters. The highest BCUT2D eigenvalue weighted by Gasteiger charge is 2.17. The van der Waals surface area contributed by atoms with Crippen LogP contribution in [0.2, 0.25) is 5.02 Å². The zero-order valence-corrected chi connectivity index (χ0v) is 19.2. The molecule has 1 heterocycles. The Labute approximate surface area is 184 Å². The molecule has 30 heavy (non-hydrogen) atoms. The first kappa shape index (κ1) is 24.0. The number of nitrogens with zero attached hydrogens (tertiary/aromatic N) is 3. The molecule has 0 aliphatic carbocycles. The minimum Gasteiger partial charge on any atom is -0.490 e. The van der Waals surface area contributed by atoms with Gasteiger partial charge in [-0.1, -0.05) is 38.8 Å². The zero-order valence-electron chi connectivity index (χ0n) is 18.4. The summed E-state index contributed by atoms with van der Waals surface area (Å²) in [4.78, 5) is 15.1. The molecule has 7 nitrogen and oxygen atoms in total. The molecule has 166 valence electrons. The van der Waals surface area contributed by atoms with Gasteiger partial charge in [0.25, 0.3) is 5.91 Å². The standard InChI is InChI=1S/C22H33ClN4O3/c1-5-9-12-30-21-19(23)13-17(14-20(21)29-8-4)22(28)25-18-15-24-27(16-18)11-10-26(6-2)7-3/h13-16H,5-12H2,1-4H3,(H,25,28). The predicted octanol–water partition coefficient (Wildman–Crippen LogP) is 4.71. The lowest BCUT2D eigenvalue weighted by Crippen LogP contribution is -2.27. The molecule has 1 amide bonds. The summed E-state index contributed by atoms with van der Waals surface area (Å²) in [5, 5.41) is 7.56. The summed E-state index contributed by atoms with van der Waals surface area (Å²) in [5.74, 6) is 0.676. The summed E-state index contributed by atoms with van der Waals surface area (Å²) in [6, 6.07) is 3.27. The van der Waals surface area contributed by atoms with E-state index in [9.17, 15) is 4.79 Å². The summed E-state index contributed by atoms with van der Waals surface area (Å²) >= 11 is 6.39. The van der Waals surface area contributed by atoms with E-state index in [0.29, 0.717) is 41.0 Å². The van der Waals surface area contributed by atoms with E-state index >= 15 is 0 Å². The second kappa shape index (κ2) is 12.4. The average molecular weight is 437 g/mol. The van der Waals surface area contributed by atoms with Gasteiger partial charge in [0.2, 0.25) is 0 Å². The lowest BCUT2D eigenvalue weighted by atomic mass is 10.2. The Hall–Kier alpha value is -2.25. The van der Waals surface area contributed by atoms with Crippen molar-refractivity contribution in [3.63, 3.8) is 0 Å². The number of likely N-dealkylation sites (N-methyl/N-ethyl adjacent to an activating group) is 1. The van der Waals surface area contributed by atoms with Crippen LogP contribution in [0.4, 0.5) is 5.69 Å². The van der Waals surface area contributed by atoms with E-state index in [1.807, 2.05) is 17.8 Å². The molecule has 1 N–H and O–H groups in total. The molecule has 1 aromatic heterocycles. The average Bonchev–Trinajstić information content (AvgIpc) is 3.18. The van der Waals surface area contributed by atoms with E-state index in [1.54, 1.807) is 18.3 Å². The molecule has 0 fully saturated rings. The van der Waals surface area contributed by atoms with Gasteiger partial charge in [-0.15, -0.1) is 0 Å². The Balaban J connectivity index is 2.07. The molecule has 0 radical (unpaired) electrons. The number of hydrogen-bond donors (Lipinski definition) is 1. The first-order valence-electron chi connectivity index (χ1n) is 10.7. The first-order chi connectivity index (χ1) is 14.5. The third kappa shape index (κ3) is 6.92. The largest absolute Gasteiger partial charge is 0.490 e. The maximum Gasteiger partial charge on any atom is 0.255 e. The van der Waals surface area contributed by atoms with Crippen LogP contribution >= 0.6 is 11.6 Å². The molecule has 0 atom stereocenters. The minimum atomic E-state index is -0.277. The quantitative estimate of drug-likeness (QED) is 0.460. The SMILES string of the molecule is CCCCOc1c(Cl)cc(C(=O)Nc2cnn(CCN(CC)CC)c2)cc1OCC. The van der Waals surface area contributed by atoms with Gasteiger partial charge in [0.1, 0.15) is 0 Å². The Morgan fingerprint density at radius 1 is 1.20 bits per heavy atom. The van der Waals surface area contributed by atoms with Crippen molar-refractivity contribution in [3.8, 4) is 11.5 Å². The van der Waals surface area contributed by atoms with Crippen LogP contribution < -0.4 is 14.8 Å². The molecule has 0 spiro atoms. The van der Waals surface area contributed by atoms with Gasteiger partial charge in [-0.3, -0.25) is 9.48 Å². The lowest BCUT2D eigenvalue weighted by Gasteiger charge is -2.17. The molecule has 0 aliphatic heterocycles. The zero-order chi connectivity index (χ0) is 21.9. The van der Waals surface area contributed by atoms with Crippen LogP contribution in [0, 0.1) is 0 Å². The second-order valence-corrected chi connectivity index (χ2v) is 7.30. The van der Waals surface area contributed by atoms with E-state index < -0.39 is 0 Å². The molecular formula is C22H33ClN4O3. The number of nitrogens with one attached hydrogen (secondary N) is 1. The van der Waals surface area contributed by atoms with Crippen LogP contribution in [0.25, 0.3) is 0 Å². The van der Waals surface area contributed by atoms with Crippen LogP contribution in [-0.2, 0) is 6.54 Å². The van der Waals surface area contributed by atoms with Gasteiger partial charge < -0.3 is 19.7 Å². The molecule has 0 bridgehead atoms. The van der Waals surface area contributed by atoms with E-state index in [-0.39, 0.29) is 5.91 Å². The highest BCUT2D eigenvalue weighted by molar-refractivity contribution is 6.32. The topological polar surface area (TPSA) is 68.6 Å². The van der Waals surface area contributed by atoms with E-state index in [1.165, 1.54) is 0 Å². The monoisotopic (exact) mass is 436 g/mol. The number of amides is 1. The highest BCUT2D eigenvalue weighted by atomic mass is 35.5. The fraction of sp³-hybridized carbons (Fsp3) is 0.545. The van der Waals surface area contributed by atoms with Gasteiger partial charge in [0.15, 0.2) is 11.5 Å². The van der Waals surface area contributed by atoms with Gasteiger partial charge in [0.05, 0.1) is 36.7 Å². The van der Waals surface area contributed by atoms with Crippen molar-refractivity contribution in [1.29, 1.82) is 0 Å². The molecule has 0 aliphatic rings.